The maximum atomic E-state index is 12.2. The number of aromatic nitrogens is 1. The van der Waals surface area contributed by atoms with Crippen LogP contribution in [-0.2, 0) is 0 Å². The van der Waals surface area contributed by atoms with Crippen molar-refractivity contribution in [3.63, 3.8) is 0 Å². The van der Waals surface area contributed by atoms with Gasteiger partial charge in [-0.3, -0.25) is 4.98 Å². The number of halogens is 3. The zero-order valence-electron chi connectivity index (χ0n) is 11.1. The van der Waals surface area contributed by atoms with Crippen molar-refractivity contribution in [2.24, 2.45) is 0 Å². The van der Waals surface area contributed by atoms with Gasteiger partial charge >= 0.3 is 6.18 Å². The fraction of sp³-hybridized carbons (Fsp3) is 0.615. The predicted molar refractivity (Wildman–Crippen MR) is 67.1 cm³/mol. The molecule has 1 atom stereocenters. The van der Waals surface area contributed by atoms with E-state index in [0.717, 1.165) is 5.56 Å². The van der Waals surface area contributed by atoms with E-state index in [9.17, 15) is 13.2 Å². The molecule has 6 heteroatoms. The first-order chi connectivity index (χ1) is 8.98. The molecule has 19 heavy (non-hydrogen) atoms. The number of nitrogens with one attached hydrogen (secondary N) is 1. The molecule has 0 aromatic carbocycles. The van der Waals surface area contributed by atoms with Crippen molar-refractivity contribution in [3.05, 3.63) is 24.0 Å². The van der Waals surface area contributed by atoms with Crippen LogP contribution in [0, 0.1) is 0 Å². The molecule has 0 aliphatic rings. The Morgan fingerprint density at radius 2 is 2.16 bits per heavy atom. The van der Waals surface area contributed by atoms with Crippen LogP contribution in [0.2, 0.25) is 0 Å². The van der Waals surface area contributed by atoms with E-state index >= 15 is 0 Å². The molecule has 0 saturated carbocycles. The van der Waals surface area contributed by atoms with Crippen molar-refractivity contribution in [2.75, 3.05) is 13.7 Å². The second-order valence-electron chi connectivity index (χ2n) is 4.24. The molecule has 1 N–H and O–H groups in total. The molecule has 3 nitrogen and oxygen atoms in total. The fourth-order valence-corrected chi connectivity index (χ4v) is 1.97. The first-order valence-corrected chi connectivity index (χ1v) is 6.26. The topological polar surface area (TPSA) is 34.2 Å². The zero-order valence-corrected chi connectivity index (χ0v) is 11.1. The van der Waals surface area contributed by atoms with E-state index in [1.54, 1.807) is 18.5 Å². The van der Waals surface area contributed by atoms with Crippen molar-refractivity contribution < 1.29 is 17.9 Å². The molecule has 0 radical (unpaired) electrons. The van der Waals surface area contributed by atoms with Gasteiger partial charge in [0.25, 0.3) is 0 Å². The summed E-state index contributed by atoms with van der Waals surface area (Å²) in [5, 5.41) is 3.18. The molecule has 0 fully saturated rings. The highest BCUT2D eigenvalue weighted by Gasteiger charge is 2.27. The Balaban J connectivity index is 2.71. The number of hydrogen-bond donors (Lipinski definition) is 1. The maximum Gasteiger partial charge on any atom is 0.389 e. The lowest BCUT2D eigenvalue weighted by Gasteiger charge is -2.20. The first kappa shape index (κ1) is 15.8. The number of pyridine rings is 1. The number of rotatable bonds is 7. The summed E-state index contributed by atoms with van der Waals surface area (Å²) in [6, 6.07) is 1.63. The molecule has 0 aliphatic heterocycles. The van der Waals surface area contributed by atoms with Crippen LogP contribution in [0.4, 0.5) is 13.2 Å². The van der Waals surface area contributed by atoms with Gasteiger partial charge in [0.2, 0.25) is 0 Å². The van der Waals surface area contributed by atoms with Crippen molar-refractivity contribution >= 4 is 0 Å². The van der Waals surface area contributed by atoms with Crippen LogP contribution >= 0.6 is 0 Å². The third-order valence-electron chi connectivity index (χ3n) is 2.82. The SMILES string of the molecule is CCNC(CCCC(F)(F)F)c1ccncc1OC. The van der Waals surface area contributed by atoms with E-state index in [1.807, 2.05) is 6.92 Å². The summed E-state index contributed by atoms with van der Waals surface area (Å²) in [6.45, 7) is 2.60. The van der Waals surface area contributed by atoms with E-state index in [1.165, 1.54) is 7.11 Å². The normalized spacial score (nSPS) is 13.3. The summed E-state index contributed by atoms with van der Waals surface area (Å²) in [5.41, 5.74) is 0.849. The molecule has 0 aliphatic carbocycles. The number of methoxy groups -OCH3 is 1. The summed E-state index contributed by atoms with van der Waals surface area (Å²) in [5.74, 6) is 0.598. The minimum atomic E-state index is -4.10. The van der Waals surface area contributed by atoms with E-state index in [-0.39, 0.29) is 12.5 Å². The first-order valence-electron chi connectivity index (χ1n) is 6.26. The van der Waals surface area contributed by atoms with Gasteiger partial charge < -0.3 is 10.1 Å². The second kappa shape index (κ2) is 7.33. The lowest BCUT2D eigenvalue weighted by Crippen LogP contribution is -2.22. The van der Waals surface area contributed by atoms with Crippen LogP contribution in [0.15, 0.2) is 18.5 Å². The summed E-state index contributed by atoms with van der Waals surface area (Å²) >= 11 is 0. The third kappa shape index (κ3) is 5.46. The zero-order chi connectivity index (χ0) is 14.3. The minimum Gasteiger partial charge on any atom is -0.495 e. The molecule has 1 rings (SSSR count). The Bertz CT molecular complexity index is 382. The van der Waals surface area contributed by atoms with Crippen LogP contribution in [-0.4, -0.2) is 24.8 Å². The van der Waals surface area contributed by atoms with E-state index in [4.69, 9.17) is 4.74 Å². The van der Waals surface area contributed by atoms with Gasteiger partial charge in [0, 0.05) is 24.2 Å². The van der Waals surface area contributed by atoms with Crippen molar-refractivity contribution in [2.45, 2.75) is 38.4 Å². The second-order valence-corrected chi connectivity index (χ2v) is 4.24. The Morgan fingerprint density at radius 1 is 1.42 bits per heavy atom. The van der Waals surface area contributed by atoms with Gasteiger partial charge in [0.1, 0.15) is 5.75 Å². The van der Waals surface area contributed by atoms with E-state index in [2.05, 4.69) is 10.3 Å². The van der Waals surface area contributed by atoms with Gasteiger partial charge in [-0.2, -0.15) is 13.2 Å². The van der Waals surface area contributed by atoms with Gasteiger partial charge in [-0.25, -0.2) is 0 Å². The van der Waals surface area contributed by atoms with Crippen molar-refractivity contribution in [1.29, 1.82) is 0 Å². The van der Waals surface area contributed by atoms with Crippen molar-refractivity contribution in [3.8, 4) is 5.75 Å². The monoisotopic (exact) mass is 276 g/mol. The summed E-state index contributed by atoms with van der Waals surface area (Å²) in [4.78, 5) is 3.95. The number of nitrogens with zero attached hydrogens (tertiary/aromatic N) is 1. The van der Waals surface area contributed by atoms with Gasteiger partial charge in [0.15, 0.2) is 0 Å². The van der Waals surface area contributed by atoms with E-state index in [0.29, 0.717) is 18.7 Å². The fourth-order valence-electron chi connectivity index (χ4n) is 1.97. The Hall–Kier alpha value is -1.30. The van der Waals surface area contributed by atoms with Gasteiger partial charge in [0.05, 0.1) is 13.3 Å². The number of hydrogen-bond acceptors (Lipinski definition) is 3. The van der Waals surface area contributed by atoms with Crippen LogP contribution < -0.4 is 10.1 Å². The van der Waals surface area contributed by atoms with Crippen LogP contribution in [0.3, 0.4) is 0 Å². The van der Waals surface area contributed by atoms with Gasteiger partial charge in [-0.15, -0.1) is 0 Å². The molecule has 0 amide bonds. The van der Waals surface area contributed by atoms with Crippen LogP contribution in [0.5, 0.6) is 5.75 Å². The average Bonchev–Trinajstić information content (AvgIpc) is 2.36. The third-order valence-corrected chi connectivity index (χ3v) is 2.82. The maximum absolute atomic E-state index is 12.2. The summed E-state index contributed by atoms with van der Waals surface area (Å²) in [7, 11) is 1.53. The molecule has 1 aromatic heterocycles. The molecule has 108 valence electrons. The summed E-state index contributed by atoms with van der Waals surface area (Å²) < 4.78 is 41.7. The Kier molecular flexibility index (Phi) is 6.08. The predicted octanol–water partition coefficient (Wildman–Crippen LogP) is 3.47. The Labute approximate surface area is 111 Å². The lowest BCUT2D eigenvalue weighted by molar-refractivity contribution is -0.135. The number of alkyl halides is 3. The highest BCUT2D eigenvalue weighted by molar-refractivity contribution is 5.32. The van der Waals surface area contributed by atoms with Gasteiger partial charge in [-0.1, -0.05) is 6.92 Å². The highest BCUT2D eigenvalue weighted by atomic mass is 19.4. The van der Waals surface area contributed by atoms with Crippen LogP contribution in [0.1, 0.15) is 37.8 Å². The molecular formula is C13H19F3N2O. The molecule has 0 bridgehead atoms. The smallest absolute Gasteiger partial charge is 0.389 e. The Morgan fingerprint density at radius 3 is 2.74 bits per heavy atom. The molecule has 1 unspecified atom stereocenters. The highest BCUT2D eigenvalue weighted by Crippen LogP contribution is 2.30. The largest absolute Gasteiger partial charge is 0.495 e. The molecular weight excluding hydrogens is 257 g/mol. The molecule has 1 aromatic rings. The standard InChI is InChI=1S/C13H19F3N2O/c1-3-18-11(5-4-7-13(14,15)16)10-6-8-17-9-12(10)19-2/h6,8-9,11,18H,3-5,7H2,1-2H3. The average molecular weight is 276 g/mol. The quantitative estimate of drug-likeness (QED) is 0.828. The van der Waals surface area contributed by atoms with E-state index < -0.39 is 12.6 Å². The lowest BCUT2D eigenvalue weighted by atomic mass is 10.0. The van der Waals surface area contributed by atoms with Gasteiger partial charge in [-0.05, 0) is 25.5 Å². The minimum absolute atomic E-state index is 0.0899. The summed E-state index contributed by atoms with van der Waals surface area (Å²) in [6.07, 6.45) is -1.17. The van der Waals surface area contributed by atoms with Crippen LogP contribution in [0.25, 0.3) is 0 Å². The molecule has 0 saturated heterocycles. The molecule has 1 heterocycles. The van der Waals surface area contributed by atoms with Crippen molar-refractivity contribution in [1.82, 2.24) is 10.3 Å². The molecule has 0 spiro atoms. The number of ether oxygens (including phenoxy) is 1.